The maximum Gasteiger partial charge on any atom is 0.0578 e. The summed E-state index contributed by atoms with van der Waals surface area (Å²) in [4.78, 5) is 0. The van der Waals surface area contributed by atoms with Gasteiger partial charge in [0.05, 0.1) is 6.10 Å². The first kappa shape index (κ1) is 22.4. The van der Waals surface area contributed by atoms with Crippen molar-refractivity contribution < 1.29 is 5.11 Å². The summed E-state index contributed by atoms with van der Waals surface area (Å²) in [5.74, 6) is 3.90. The number of hydrogen-bond donors (Lipinski definition) is 1. The normalized spacial score (nSPS) is 42.2. The van der Waals surface area contributed by atoms with E-state index in [2.05, 4.69) is 59.8 Å². The van der Waals surface area contributed by atoms with Gasteiger partial charge in [0, 0.05) is 0 Å². The number of hydrogen-bond acceptors (Lipinski definition) is 1. The van der Waals surface area contributed by atoms with Crippen molar-refractivity contribution in [1.29, 1.82) is 0 Å². The summed E-state index contributed by atoms with van der Waals surface area (Å²) in [5.41, 5.74) is 5.77. The molecular formula is C29H46O. The van der Waals surface area contributed by atoms with Crippen LogP contribution in [-0.4, -0.2) is 11.2 Å². The van der Waals surface area contributed by atoms with E-state index in [1.807, 2.05) is 0 Å². The fraction of sp³-hybridized carbons (Fsp3) is 0.793. The van der Waals surface area contributed by atoms with Crippen LogP contribution in [0.2, 0.25) is 0 Å². The van der Waals surface area contributed by atoms with Crippen LogP contribution in [0.25, 0.3) is 0 Å². The van der Waals surface area contributed by atoms with Gasteiger partial charge in [0.2, 0.25) is 0 Å². The number of aliphatic hydroxyl groups excluding tert-OH is 1. The largest absolute Gasteiger partial charge is 0.393 e. The summed E-state index contributed by atoms with van der Waals surface area (Å²) in [7, 11) is 0. The van der Waals surface area contributed by atoms with E-state index >= 15 is 0 Å². The van der Waals surface area contributed by atoms with Crippen molar-refractivity contribution in [2.24, 2.45) is 40.4 Å². The molecule has 0 heterocycles. The Morgan fingerprint density at radius 1 is 1.07 bits per heavy atom. The highest BCUT2D eigenvalue weighted by Crippen LogP contribution is 2.66. The first-order valence-corrected chi connectivity index (χ1v) is 12.9. The molecule has 0 aromatic heterocycles. The molecule has 0 amide bonds. The third kappa shape index (κ3) is 3.58. The molecule has 0 aliphatic heterocycles. The van der Waals surface area contributed by atoms with E-state index < -0.39 is 0 Å². The zero-order chi connectivity index (χ0) is 21.7. The van der Waals surface area contributed by atoms with Crippen LogP contribution in [0.3, 0.4) is 0 Å². The first-order chi connectivity index (χ1) is 14.2. The van der Waals surface area contributed by atoms with Gasteiger partial charge >= 0.3 is 0 Å². The zero-order valence-electron chi connectivity index (χ0n) is 20.5. The Hall–Kier alpha value is -0.820. The molecule has 3 fully saturated rings. The third-order valence-corrected chi connectivity index (χ3v) is 10.3. The fourth-order valence-electron chi connectivity index (χ4n) is 8.32. The summed E-state index contributed by atoms with van der Waals surface area (Å²) in [6, 6.07) is 0. The van der Waals surface area contributed by atoms with Gasteiger partial charge in [-0.1, -0.05) is 69.6 Å². The summed E-state index contributed by atoms with van der Waals surface area (Å²) >= 11 is 0. The van der Waals surface area contributed by atoms with Crippen LogP contribution in [0.1, 0.15) is 99.3 Å². The molecule has 0 unspecified atom stereocenters. The van der Waals surface area contributed by atoms with Crippen molar-refractivity contribution >= 4 is 0 Å². The van der Waals surface area contributed by atoms with Gasteiger partial charge in [0.25, 0.3) is 0 Å². The van der Waals surface area contributed by atoms with Gasteiger partial charge in [-0.25, -0.2) is 0 Å². The molecule has 4 aliphatic rings. The third-order valence-electron chi connectivity index (χ3n) is 10.3. The lowest BCUT2D eigenvalue weighted by atomic mass is 9.50. The van der Waals surface area contributed by atoms with E-state index in [9.17, 15) is 5.11 Å². The standard InChI is InChI=1S/C29H46O/c1-7-21(19(2)3)9-8-20(4)25-12-13-26-24-11-10-22-18-23(30)14-16-28(22,5)27(24)15-17-29(25,26)6/h7,10-11,19-20,23,25-27,30H,8-9,12-18H2,1-6H3/b21-7+/t20-,23+,25-,26+,27+,28+,29-/m1/s1. The molecule has 0 spiro atoms. The summed E-state index contributed by atoms with van der Waals surface area (Å²) in [6.45, 7) is 14.6. The molecule has 0 radical (unpaired) electrons. The van der Waals surface area contributed by atoms with Crippen molar-refractivity contribution in [2.45, 2.75) is 105 Å². The van der Waals surface area contributed by atoms with Gasteiger partial charge in [-0.3, -0.25) is 0 Å². The molecule has 0 aromatic rings. The molecule has 168 valence electrons. The molecule has 0 bridgehead atoms. The average Bonchev–Trinajstić information content (AvgIpc) is 3.06. The van der Waals surface area contributed by atoms with E-state index in [4.69, 9.17) is 0 Å². The van der Waals surface area contributed by atoms with E-state index in [0.29, 0.717) is 16.7 Å². The Morgan fingerprint density at radius 2 is 1.83 bits per heavy atom. The smallest absolute Gasteiger partial charge is 0.0578 e. The summed E-state index contributed by atoms with van der Waals surface area (Å²) < 4.78 is 0. The molecule has 1 N–H and O–H groups in total. The Bertz CT molecular complexity index is 739. The van der Waals surface area contributed by atoms with Gasteiger partial charge in [0.15, 0.2) is 0 Å². The molecule has 4 aliphatic carbocycles. The van der Waals surface area contributed by atoms with Crippen molar-refractivity contribution in [3.05, 3.63) is 34.9 Å². The van der Waals surface area contributed by atoms with Crippen molar-refractivity contribution in [1.82, 2.24) is 0 Å². The van der Waals surface area contributed by atoms with Crippen LogP contribution in [0, 0.1) is 40.4 Å². The first-order valence-electron chi connectivity index (χ1n) is 12.9. The van der Waals surface area contributed by atoms with Crippen LogP contribution in [0.4, 0.5) is 0 Å². The molecule has 7 atom stereocenters. The highest BCUT2D eigenvalue weighted by atomic mass is 16.3. The Kier molecular flexibility index (Phi) is 6.17. The minimum atomic E-state index is -0.113. The lowest BCUT2D eigenvalue weighted by Gasteiger charge is -2.55. The van der Waals surface area contributed by atoms with Crippen LogP contribution in [0.15, 0.2) is 34.9 Å². The van der Waals surface area contributed by atoms with E-state index in [1.165, 1.54) is 50.5 Å². The number of allylic oxidation sites excluding steroid dienone is 5. The molecule has 3 saturated carbocycles. The predicted octanol–water partition coefficient (Wildman–Crippen LogP) is 7.87. The quantitative estimate of drug-likeness (QED) is 0.457. The molecular weight excluding hydrogens is 364 g/mol. The SMILES string of the molecule is C/C=C(\CC[C@@H](C)[C@H]1CC[C@H]2C3=CC=C4C[C@@H](O)CC[C@]4(C)[C@H]3CC[C@]12C)C(C)C. The van der Waals surface area contributed by atoms with Gasteiger partial charge in [-0.05, 0) is 105 Å². The van der Waals surface area contributed by atoms with Crippen molar-refractivity contribution in [2.75, 3.05) is 0 Å². The molecule has 0 saturated heterocycles. The second-order valence-electron chi connectivity index (χ2n) is 12.0. The van der Waals surface area contributed by atoms with Gasteiger partial charge in [0.1, 0.15) is 0 Å². The molecule has 4 rings (SSSR count). The fourth-order valence-corrected chi connectivity index (χ4v) is 8.32. The van der Waals surface area contributed by atoms with Crippen molar-refractivity contribution in [3.63, 3.8) is 0 Å². The molecule has 30 heavy (non-hydrogen) atoms. The molecule has 1 nitrogen and oxygen atoms in total. The van der Waals surface area contributed by atoms with Gasteiger partial charge < -0.3 is 5.11 Å². The Labute approximate surface area is 186 Å². The van der Waals surface area contributed by atoms with Crippen LogP contribution in [0.5, 0.6) is 0 Å². The maximum absolute atomic E-state index is 10.2. The second kappa shape index (κ2) is 8.27. The molecule has 0 aromatic carbocycles. The van der Waals surface area contributed by atoms with Crippen LogP contribution >= 0.6 is 0 Å². The van der Waals surface area contributed by atoms with E-state index in [0.717, 1.165) is 36.5 Å². The maximum atomic E-state index is 10.2. The zero-order valence-corrected chi connectivity index (χ0v) is 20.5. The van der Waals surface area contributed by atoms with Gasteiger partial charge in [-0.2, -0.15) is 0 Å². The minimum Gasteiger partial charge on any atom is -0.393 e. The summed E-state index contributed by atoms with van der Waals surface area (Å²) in [6.07, 6.45) is 18.5. The average molecular weight is 411 g/mol. The highest BCUT2D eigenvalue weighted by Gasteiger charge is 2.56. The van der Waals surface area contributed by atoms with Gasteiger partial charge in [-0.15, -0.1) is 0 Å². The van der Waals surface area contributed by atoms with E-state index in [1.54, 1.807) is 11.1 Å². The molecule has 1 heteroatoms. The lowest BCUT2D eigenvalue weighted by molar-refractivity contribution is 0.0326. The number of aliphatic hydroxyl groups is 1. The minimum absolute atomic E-state index is 0.113. The lowest BCUT2D eigenvalue weighted by Crippen LogP contribution is -2.46. The monoisotopic (exact) mass is 410 g/mol. The van der Waals surface area contributed by atoms with E-state index in [-0.39, 0.29) is 6.10 Å². The highest BCUT2D eigenvalue weighted by molar-refractivity contribution is 5.38. The predicted molar refractivity (Wildman–Crippen MR) is 128 cm³/mol. The Balaban J connectivity index is 1.52. The topological polar surface area (TPSA) is 20.2 Å². The van der Waals surface area contributed by atoms with Crippen LogP contribution in [-0.2, 0) is 0 Å². The number of fused-ring (bicyclic) bond motifs is 5. The van der Waals surface area contributed by atoms with Crippen molar-refractivity contribution in [3.8, 4) is 0 Å². The number of rotatable bonds is 5. The van der Waals surface area contributed by atoms with Crippen LogP contribution < -0.4 is 0 Å². The summed E-state index contributed by atoms with van der Waals surface area (Å²) in [5, 5.41) is 10.2. The Morgan fingerprint density at radius 3 is 2.53 bits per heavy atom. The second-order valence-corrected chi connectivity index (χ2v) is 12.0.